The van der Waals surface area contributed by atoms with Crippen LogP contribution in [0.1, 0.15) is 44.6 Å². The lowest BCUT2D eigenvalue weighted by molar-refractivity contribution is -0.115. The smallest absolute Gasteiger partial charge is 0.159 e. The normalized spacial score (nSPS) is 26.0. The average molecular weight is 344 g/mol. The van der Waals surface area contributed by atoms with Crippen molar-refractivity contribution < 1.29 is 19.4 Å². The lowest BCUT2D eigenvalue weighted by Gasteiger charge is -2.30. The van der Waals surface area contributed by atoms with Crippen molar-refractivity contribution in [3.63, 3.8) is 0 Å². The van der Waals surface area contributed by atoms with Gasteiger partial charge >= 0.3 is 0 Å². The molecule has 0 bridgehead atoms. The first-order chi connectivity index (χ1) is 12.1. The molecule has 0 spiro atoms. The topological polar surface area (TPSA) is 55.8 Å². The second-order valence-corrected chi connectivity index (χ2v) is 7.35. The van der Waals surface area contributed by atoms with E-state index in [0.717, 1.165) is 48.1 Å². The molecule has 3 rings (SSSR count). The van der Waals surface area contributed by atoms with Crippen molar-refractivity contribution >= 4 is 5.78 Å². The Bertz CT molecular complexity index is 632. The van der Waals surface area contributed by atoms with Gasteiger partial charge in [0.2, 0.25) is 0 Å². The van der Waals surface area contributed by atoms with E-state index < -0.39 is 6.10 Å². The highest BCUT2D eigenvalue weighted by Gasteiger charge is 2.39. The molecule has 2 aliphatic rings. The van der Waals surface area contributed by atoms with Crippen LogP contribution in [-0.4, -0.2) is 30.7 Å². The summed E-state index contributed by atoms with van der Waals surface area (Å²) in [5, 5.41) is 10.4. The third-order valence-electron chi connectivity index (χ3n) is 5.37. The van der Waals surface area contributed by atoms with Crippen molar-refractivity contribution in [1.29, 1.82) is 0 Å². The largest absolute Gasteiger partial charge is 0.497 e. The number of aliphatic hydroxyl groups is 1. The Labute approximate surface area is 149 Å². The molecule has 3 atom stereocenters. The summed E-state index contributed by atoms with van der Waals surface area (Å²) in [6.07, 6.45) is 3.54. The fourth-order valence-electron chi connectivity index (χ4n) is 4.18. The minimum atomic E-state index is -0.421. The summed E-state index contributed by atoms with van der Waals surface area (Å²) in [7, 11) is 1.65. The number of benzene rings is 1. The number of carbonyl (C=O) groups is 1. The van der Waals surface area contributed by atoms with Gasteiger partial charge in [-0.1, -0.05) is 19.1 Å². The number of ketones is 1. The summed E-state index contributed by atoms with van der Waals surface area (Å²) in [4.78, 5) is 12.3. The van der Waals surface area contributed by atoms with E-state index in [1.165, 1.54) is 0 Å². The second kappa shape index (κ2) is 8.15. The molecule has 1 saturated carbocycles. The van der Waals surface area contributed by atoms with E-state index in [4.69, 9.17) is 9.47 Å². The van der Waals surface area contributed by atoms with Gasteiger partial charge in [-0.25, -0.2) is 0 Å². The van der Waals surface area contributed by atoms with Gasteiger partial charge in [-0.05, 0) is 66.4 Å². The van der Waals surface area contributed by atoms with Gasteiger partial charge in [0.15, 0.2) is 5.78 Å². The summed E-state index contributed by atoms with van der Waals surface area (Å²) >= 11 is 0. The van der Waals surface area contributed by atoms with E-state index in [1.807, 2.05) is 24.3 Å². The summed E-state index contributed by atoms with van der Waals surface area (Å²) in [5.41, 5.74) is 3.03. The van der Waals surface area contributed by atoms with Crippen LogP contribution >= 0.6 is 0 Å². The first-order valence-electron chi connectivity index (χ1n) is 9.23. The van der Waals surface area contributed by atoms with Gasteiger partial charge < -0.3 is 14.6 Å². The van der Waals surface area contributed by atoms with Crippen LogP contribution in [0.2, 0.25) is 0 Å². The van der Waals surface area contributed by atoms with E-state index in [2.05, 4.69) is 6.92 Å². The molecule has 1 aromatic carbocycles. The Hall–Kier alpha value is -1.65. The average Bonchev–Trinajstić information content (AvgIpc) is 2.90. The molecule has 0 saturated heterocycles. The molecule has 0 amide bonds. The SMILES string of the molecule is COc1ccc(COCCCC2=C3C(O)CC(C)CC3CC2=O)cc1. The zero-order valence-electron chi connectivity index (χ0n) is 15.2. The quantitative estimate of drug-likeness (QED) is 0.767. The Morgan fingerprint density at radius 3 is 2.68 bits per heavy atom. The van der Waals surface area contributed by atoms with Gasteiger partial charge in [-0.2, -0.15) is 0 Å². The van der Waals surface area contributed by atoms with Crippen molar-refractivity contribution in [2.45, 2.75) is 51.7 Å². The molecule has 1 aromatic rings. The minimum absolute atomic E-state index is 0.239. The molecule has 1 N–H and O–H groups in total. The van der Waals surface area contributed by atoms with Crippen molar-refractivity contribution in [3.05, 3.63) is 41.0 Å². The monoisotopic (exact) mass is 344 g/mol. The van der Waals surface area contributed by atoms with E-state index in [-0.39, 0.29) is 11.7 Å². The van der Waals surface area contributed by atoms with E-state index >= 15 is 0 Å². The van der Waals surface area contributed by atoms with Crippen molar-refractivity contribution in [2.24, 2.45) is 11.8 Å². The van der Waals surface area contributed by atoms with Crippen LogP contribution in [0.3, 0.4) is 0 Å². The molecule has 0 radical (unpaired) electrons. The third-order valence-corrected chi connectivity index (χ3v) is 5.37. The number of carbonyl (C=O) groups excluding carboxylic acids is 1. The molecule has 25 heavy (non-hydrogen) atoms. The molecule has 3 unspecified atom stereocenters. The Kier molecular flexibility index (Phi) is 5.92. The first-order valence-corrected chi connectivity index (χ1v) is 9.23. The zero-order valence-corrected chi connectivity index (χ0v) is 15.2. The summed E-state index contributed by atoms with van der Waals surface area (Å²) < 4.78 is 10.9. The van der Waals surface area contributed by atoms with Crippen LogP contribution in [-0.2, 0) is 16.1 Å². The molecule has 4 heteroatoms. The molecule has 136 valence electrons. The van der Waals surface area contributed by atoms with Gasteiger partial charge in [-0.15, -0.1) is 0 Å². The van der Waals surface area contributed by atoms with Gasteiger partial charge in [0, 0.05) is 13.0 Å². The number of hydrogen-bond donors (Lipinski definition) is 1. The highest BCUT2D eigenvalue weighted by molar-refractivity contribution is 5.99. The predicted molar refractivity (Wildman–Crippen MR) is 96.4 cm³/mol. The molecule has 0 heterocycles. The maximum Gasteiger partial charge on any atom is 0.159 e. The number of ether oxygens (including phenoxy) is 2. The molecule has 2 aliphatic carbocycles. The van der Waals surface area contributed by atoms with E-state index in [0.29, 0.717) is 25.6 Å². The van der Waals surface area contributed by atoms with Gasteiger partial charge in [0.05, 0.1) is 19.8 Å². The highest BCUT2D eigenvalue weighted by atomic mass is 16.5. The minimum Gasteiger partial charge on any atom is -0.497 e. The lowest BCUT2D eigenvalue weighted by Crippen LogP contribution is -2.26. The number of fused-ring (bicyclic) bond motifs is 1. The Morgan fingerprint density at radius 2 is 1.96 bits per heavy atom. The third kappa shape index (κ3) is 4.31. The molecule has 0 aromatic heterocycles. The number of Topliss-reactive ketones (excluding diaryl/α,β-unsaturated/α-hetero) is 1. The standard InChI is InChI=1S/C21H28O4/c1-14-10-16-12-19(22)18(21(16)20(23)11-14)4-3-9-25-13-15-5-7-17(24-2)8-6-15/h5-8,14,16,20,23H,3-4,9-13H2,1-2H3. The van der Waals surface area contributed by atoms with E-state index in [1.54, 1.807) is 7.11 Å². The Morgan fingerprint density at radius 1 is 1.20 bits per heavy atom. The van der Waals surface area contributed by atoms with Crippen LogP contribution in [0.15, 0.2) is 35.4 Å². The fourth-order valence-corrected chi connectivity index (χ4v) is 4.18. The number of allylic oxidation sites excluding steroid dienone is 1. The number of rotatable bonds is 7. The molecule has 1 fully saturated rings. The number of hydrogen-bond acceptors (Lipinski definition) is 4. The van der Waals surface area contributed by atoms with Crippen LogP contribution in [0.4, 0.5) is 0 Å². The molecule has 4 nitrogen and oxygen atoms in total. The van der Waals surface area contributed by atoms with Crippen LogP contribution in [0.5, 0.6) is 5.75 Å². The second-order valence-electron chi connectivity index (χ2n) is 7.35. The zero-order chi connectivity index (χ0) is 17.8. The molecular formula is C21H28O4. The maximum absolute atomic E-state index is 12.3. The lowest BCUT2D eigenvalue weighted by atomic mass is 9.77. The number of methoxy groups -OCH3 is 1. The molecular weight excluding hydrogens is 316 g/mol. The molecule has 0 aliphatic heterocycles. The van der Waals surface area contributed by atoms with Gasteiger partial charge in [0.25, 0.3) is 0 Å². The summed E-state index contributed by atoms with van der Waals surface area (Å²) in [6.45, 7) is 3.34. The van der Waals surface area contributed by atoms with Gasteiger partial charge in [-0.3, -0.25) is 4.79 Å². The Balaban J connectivity index is 1.47. The predicted octanol–water partition coefficient (Wildman–Crippen LogP) is 3.67. The summed E-state index contributed by atoms with van der Waals surface area (Å²) in [6, 6.07) is 7.84. The van der Waals surface area contributed by atoms with E-state index in [9.17, 15) is 9.90 Å². The van der Waals surface area contributed by atoms with Gasteiger partial charge in [0.1, 0.15) is 5.75 Å². The fraction of sp³-hybridized carbons (Fsp3) is 0.571. The van der Waals surface area contributed by atoms with Crippen molar-refractivity contribution in [2.75, 3.05) is 13.7 Å². The van der Waals surface area contributed by atoms with Crippen LogP contribution in [0.25, 0.3) is 0 Å². The van der Waals surface area contributed by atoms with Crippen molar-refractivity contribution in [3.8, 4) is 5.75 Å². The number of aliphatic hydroxyl groups excluding tert-OH is 1. The first kappa shape index (κ1) is 18.2. The summed E-state index contributed by atoms with van der Waals surface area (Å²) in [5.74, 6) is 1.86. The van der Waals surface area contributed by atoms with Crippen molar-refractivity contribution in [1.82, 2.24) is 0 Å². The highest BCUT2D eigenvalue weighted by Crippen LogP contribution is 2.43. The van der Waals surface area contributed by atoms with Crippen LogP contribution in [0, 0.1) is 11.8 Å². The van der Waals surface area contributed by atoms with Crippen LogP contribution < -0.4 is 4.74 Å². The maximum atomic E-state index is 12.3.